The third-order valence-corrected chi connectivity index (χ3v) is 6.94. The van der Waals surface area contributed by atoms with Gasteiger partial charge in [0, 0.05) is 32.4 Å². The fourth-order valence-electron chi connectivity index (χ4n) is 3.99. The van der Waals surface area contributed by atoms with Crippen molar-refractivity contribution in [2.75, 3.05) is 19.0 Å². The van der Waals surface area contributed by atoms with Crippen molar-refractivity contribution in [3.05, 3.63) is 100 Å². The first-order valence-electron chi connectivity index (χ1n) is 10.5. The van der Waals surface area contributed by atoms with Crippen molar-refractivity contribution < 1.29 is 0 Å². The van der Waals surface area contributed by atoms with Gasteiger partial charge in [0.25, 0.3) is 11.3 Å². The van der Waals surface area contributed by atoms with Gasteiger partial charge >= 0.3 is 15.4 Å². The molecule has 5 rings (SSSR count). The molecule has 158 valence electrons. The quantitative estimate of drug-likeness (QED) is 0.322. The summed E-state index contributed by atoms with van der Waals surface area (Å²) in [6.07, 6.45) is 4.22. The number of rotatable bonds is 4. The number of benzene rings is 3. The van der Waals surface area contributed by atoms with E-state index in [0.717, 1.165) is 43.4 Å². The van der Waals surface area contributed by atoms with Crippen molar-refractivity contribution in [2.45, 2.75) is 0 Å². The molecule has 0 amide bonds. The molecule has 0 atom stereocenters. The largest absolute Gasteiger partial charge is 0.378 e. The minimum Gasteiger partial charge on any atom is -0.378 e. The van der Waals surface area contributed by atoms with E-state index in [1.807, 2.05) is 67.2 Å². The van der Waals surface area contributed by atoms with E-state index in [4.69, 9.17) is 0 Å². The van der Waals surface area contributed by atoms with Crippen LogP contribution in [0, 0.1) is 0 Å². The van der Waals surface area contributed by atoms with Crippen LogP contribution in [0.1, 0.15) is 11.3 Å². The molecule has 3 aromatic rings. The summed E-state index contributed by atoms with van der Waals surface area (Å²) in [6, 6.07) is 26.4. The van der Waals surface area contributed by atoms with Crippen molar-refractivity contribution in [2.24, 2.45) is 7.05 Å². The SMILES string of the molecule is CN(C)c1ccc(C=Cc2c3[s+]c(-c4ccccc4)c(=O)n-3c3ccccc3n2C)cc1. The van der Waals surface area contributed by atoms with Gasteiger partial charge in [-0.3, -0.25) is 4.79 Å². The Hall–Kier alpha value is -3.70. The number of para-hydroxylation sites is 2. The molecule has 0 spiro atoms. The van der Waals surface area contributed by atoms with Crippen LogP contribution in [0.5, 0.6) is 0 Å². The zero-order valence-corrected chi connectivity index (χ0v) is 19.1. The predicted octanol–water partition coefficient (Wildman–Crippen LogP) is 6.01. The summed E-state index contributed by atoms with van der Waals surface area (Å²) in [5.41, 5.74) is 6.19. The predicted molar refractivity (Wildman–Crippen MR) is 137 cm³/mol. The monoisotopic (exact) mass is 438 g/mol. The van der Waals surface area contributed by atoms with Gasteiger partial charge in [-0.1, -0.05) is 48.5 Å². The van der Waals surface area contributed by atoms with E-state index in [0.29, 0.717) is 0 Å². The summed E-state index contributed by atoms with van der Waals surface area (Å²) in [5.74, 6) is 0. The number of fused-ring (bicyclic) bond motifs is 3. The molecule has 2 heterocycles. The van der Waals surface area contributed by atoms with E-state index in [1.165, 1.54) is 0 Å². The number of hydrogen-bond donors (Lipinski definition) is 0. The lowest BCUT2D eigenvalue weighted by molar-refractivity contribution is 0.900. The molecule has 0 N–H and O–H groups in total. The Balaban J connectivity index is 1.72. The minimum absolute atomic E-state index is 0.0259. The number of aryl methyl sites for hydroxylation is 1. The fraction of sp³-hybridized carbons (Fsp3) is 0.111. The first kappa shape index (κ1) is 20.2. The van der Waals surface area contributed by atoms with Gasteiger partial charge in [0.1, 0.15) is 5.69 Å². The van der Waals surface area contributed by atoms with Gasteiger partial charge in [0.05, 0.1) is 11.0 Å². The molecule has 4 nitrogen and oxygen atoms in total. The van der Waals surface area contributed by atoms with Gasteiger partial charge in [-0.15, -0.1) is 0 Å². The number of nitrogens with zero attached hydrogens (tertiary/aromatic N) is 3. The van der Waals surface area contributed by atoms with E-state index in [2.05, 4.69) is 59.0 Å². The molecular formula is C27H24N3OS+. The van der Waals surface area contributed by atoms with Gasteiger partial charge in [-0.25, -0.2) is 4.57 Å². The van der Waals surface area contributed by atoms with Crippen LogP contribution in [0.15, 0.2) is 83.7 Å². The summed E-state index contributed by atoms with van der Waals surface area (Å²) in [6.45, 7) is 0. The summed E-state index contributed by atoms with van der Waals surface area (Å²) < 4.78 is 4.03. The molecule has 0 aromatic heterocycles. The molecular weight excluding hydrogens is 414 g/mol. The zero-order valence-electron chi connectivity index (χ0n) is 18.3. The summed E-state index contributed by atoms with van der Waals surface area (Å²) >= 11 is 1.55. The number of anilines is 1. The molecule has 0 saturated heterocycles. The van der Waals surface area contributed by atoms with Crippen molar-refractivity contribution in [3.63, 3.8) is 0 Å². The highest BCUT2D eigenvalue weighted by Gasteiger charge is 2.33. The van der Waals surface area contributed by atoms with Crippen LogP contribution in [-0.4, -0.2) is 23.2 Å². The Labute approximate surface area is 191 Å². The van der Waals surface area contributed by atoms with E-state index in [9.17, 15) is 4.79 Å². The van der Waals surface area contributed by atoms with Gasteiger partial charge in [-0.2, -0.15) is 0 Å². The van der Waals surface area contributed by atoms with Crippen LogP contribution in [0.3, 0.4) is 0 Å². The van der Waals surface area contributed by atoms with Crippen LogP contribution in [0.25, 0.3) is 38.6 Å². The lowest BCUT2D eigenvalue weighted by Gasteiger charge is -2.13. The molecule has 0 fully saturated rings. The highest BCUT2D eigenvalue weighted by Crippen LogP contribution is 2.34. The van der Waals surface area contributed by atoms with E-state index < -0.39 is 0 Å². The van der Waals surface area contributed by atoms with Crippen molar-refractivity contribution in [3.8, 4) is 15.4 Å². The van der Waals surface area contributed by atoms with E-state index >= 15 is 0 Å². The average molecular weight is 439 g/mol. The Kier molecular flexibility index (Phi) is 5.11. The highest BCUT2D eigenvalue weighted by molar-refractivity contribution is 7.18. The van der Waals surface area contributed by atoms with Crippen LogP contribution < -0.4 is 10.5 Å². The van der Waals surface area contributed by atoms with Gasteiger partial charge in [0.2, 0.25) is 0 Å². The first-order valence-corrected chi connectivity index (χ1v) is 11.3. The molecule has 5 heteroatoms. The second-order valence-electron chi connectivity index (χ2n) is 8.00. The molecule has 2 aliphatic rings. The number of thiazole rings is 1. The molecule has 0 bridgehead atoms. The second-order valence-corrected chi connectivity index (χ2v) is 8.99. The van der Waals surface area contributed by atoms with Crippen molar-refractivity contribution in [1.82, 2.24) is 9.13 Å². The highest BCUT2D eigenvalue weighted by atomic mass is 32.1. The van der Waals surface area contributed by atoms with Crippen LogP contribution in [0.2, 0.25) is 0 Å². The maximum Gasteiger partial charge on any atom is 0.336 e. The summed E-state index contributed by atoms with van der Waals surface area (Å²) in [5, 5.41) is 0.941. The van der Waals surface area contributed by atoms with Crippen molar-refractivity contribution >= 4 is 40.2 Å². The standard InChI is InChI=1S/C27H24N3OS/c1-28(2)21-16-13-19(14-17-21)15-18-24-27-30(23-12-8-7-11-22(23)29(24)3)26(31)25(32-27)20-9-5-4-6-10-20/h4-18H,1-3H3/q+1. The van der Waals surface area contributed by atoms with Crippen molar-refractivity contribution in [1.29, 1.82) is 0 Å². The second kappa shape index (κ2) is 8.09. The number of aromatic nitrogens is 2. The molecule has 3 aromatic carbocycles. The molecule has 0 saturated carbocycles. The Morgan fingerprint density at radius 3 is 2.16 bits per heavy atom. The lowest BCUT2D eigenvalue weighted by atomic mass is 10.1. The fourth-order valence-corrected chi connectivity index (χ4v) is 5.20. The van der Waals surface area contributed by atoms with Gasteiger partial charge in [-0.05, 0) is 48.0 Å². The maximum absolute atomic E-state index is 13.5. The van der Waals surface area contributed by atoms with Gasteiger partial charge < -0.3 is 9.47 Å². The van der Waals surface area contributed by atoms with Gasteiger partial charge in [0.15, 0.2) is 0 Å². The lowest BCUT2D eigenvalue weighted by Crippen LogP contribution is -2.18. The molecule has 0 aliphatic carbocycles. The maximum atomic E-state index is 13.5. The smallest absolute Gasteiger partial charge is 0.336 e. The first-order chi connectivity index (χ1) is 15.5. The molecule has 32 heavy (non-hydrogen) atoms. The molecule has 0 radical (unpaired) electrons. The molecule has 0 unspecified atom stereocenters. The average Bonchev–Trinajstić information content (AvgIpc) is 3.17. The Bertz CT molecular complexity index is 1460. The van der Waals surface area contributed by atoms with Crippen LogP contribution >= 0.6 is 11.3 Å². The van der Waals surface area contributed by atoms with Crippen LogP contribution in [-0.2, 0) is 7.05 Å². The minimum atomic E-state index is 0.0259. The Morgan fingerprint density at radius 1 is 0.812 bits per heavy atom. The van der Waals surface area contributed by atoms with Crippen LogP contribution in [0.4, 0.5) is 5.69 Å². The number of hydrogen-bond acceptors (Lipinski definition) is 2. The molecule has 2 aliphatic heterocycles. The zero-order chi connectivity index (χ0) is 22.2. The van der Waals surface area contributed by atoms with E-state index in [-0.39, 0.29) is 5.56 Å². The Morgan fingerprint density at radius 2 is 1.47 bits per heavy atom. The van der Waals surface area contributed by atoms with E-state index in [1.54, 1.807) is 11.3 Å². The summed E-state index contributed by atoms with van der Waals surface area (Å²) in [7, 11) is 6.13. The normalized spacial score (nSPS) is 11.6. The third kappa shape index (κ3) is 3.41. The third-order valence-electron chi connectivity index (χ3n) is 5.74. The topological polar surface area (TPSA) is 30.2 Å². The summed E-state index contributed by atoms with van der Waals surface area (Å²) in [4.78, 5) is 16.4.